The van der Waals surface area contributed by atoms with Crippen LogP contribution in [0.1, 0.15) is 25.0 Å². The maximum absolute atomic E-state index is 10.8. The fourth-order valence-corrected chi connectivity index (χ4v) is 1.84. The molecule has 1 N–H and O–H groups in total. The molecule has 1 aromatic rings. The van der Waals surface area contributed by atoms with Gasteiger partial charge in [0, 0.05) is 13.1 Å². The van der Waals surface area contributed by atoms with Crippen LogP contribution in [0.2, 0.25) is 0 Å². The maximum Gasteiger partial charge on any atom is 0.317 e. The van der Waals surface area contributed by atoms with Crippen molar-refractivity contribution in [3.05, 3.63) is 35.4 Å². The van der Waals surface area contributed by atoms with Gasteiger partial charge in [-0.25, -0.2) is 0 Å². The van der Waals surface area contributed by atoms with Crippen LogP contribution in [-0.4, -0.2) is 29.1 Å². The fourth-order valence-electron chi connectivity index (χ4n) is 1.84. The fraction of sp³-hybridized carbons (Fsp3) is 0.429. The maximum atomic E-state index is 10.8. The quantitative estimate of drug-likeness (QED) is 0.834. The molecule has 1 aromatic carbocycles. The summed E-state index contributed by atoms with van der Waals surface area (Å²) in [6.07, 6.45) is 0. The molecular weight excluding hydrogens is 228 g/mol. The number of hydrogen-bond donors (Lipinski definition) is 1. The SMILES string of the molecule is CC(C)CN(CC(=O)O)Cc1ccc(C#N)cc1. The molecule has 0 radical (unpaired) electrons. The Bertz CT molecular complexity index is 432. The highest BCUT2D eigenvalue weighted by Gasteiger charge is 2.11. The average Bonchev–Trinajstić information content (AvgIpc) is 2.28. The topological polar surface area (TPSA) is 64.3 Å². The lowest BCUT2D eigenvalue weighted by atomic mass is 10.1. The van der Waals surface area contributed by atoms with Crippen molar-refractivity contribution in [1.29, 1.82) is 5.26 Å². The molecule has 4 heteroatoms. The second-order valence-electron chi connectivity index (χ2n) is 4.77. The molecule has 18 heavy (non-hydrogen) atoms. The van der Waals surface area contributed by atoms with Crippen molar-refractivity contribution in [3.8, 4) is 6.07 Å². The van der Waals surface area contributed by atoms with E-state index in [1.165, 1.54) is 0 Å². The predicted octanol–water partition coefficient (Wildman–Crippen LogP) is 2.10. The summed E-state index contributed by atoms with van der Waals surface area (Å²) in [6.45, 7) is 5.50. The Morgan fingerprint density at radius 1 is 1.39 bits per heavy atom. The van der Waals surface area contributed by atoms with Gasteiger partial charge in [-0.2, -0.15) is 5.26 Å². The minimum Gasteiger partial charge on any atom is -0.480 e. The number of aliphatic carboxylic acids is 1. The molecule has 0 spiro atoms. The molecule has 1 rings (SSSR count). The Kier molecular flexibility index (Phi) is 5.34. The van der Waals surface area contributed by atoms with Gasteiger partial charge in [-0.3, -0.25) is 9.69 Å². The minimum absolute atomic E-state index is 0.0399. The van der Waals surface area contributed by atoms with Crippen LogP contribution in [-0.2, 0) is 11.3 Å². The first-order chi connectivity index (χ1) is 8.51. The zero-order valence-electron chi connectivity index (χ0n) is 10.8. The lowest BCUT2D eigenvalue weighted by molar-refractivity contribution is -0.138. The number of nitrogens with zero attached hydrogens (tertiary/aromatic N) is 2. The Labute approximate surface area is 107 Å². The molecule has 4 nitrogen and oxygen atoms in total. The highest BCUT2D eigenvalue weighted by Crippen LogP contribution is 2.09. The van der Waals surface area contributed by atoms with Gasteiger partial charge in [0.05, 0.1) is 18.2 Å². The lowest BCUT2D eigenvalue weighted by Crippen LogP contribution is -2.32. The van der Waals surface area contributed by atoms with Gasteiger partial charge in [0.15, 0.2) is 0 Å². The average molecular weight is 246 g/mol. The standard InChI is InChI=1S/C14H18N2O2/c1-11(2)8-16(10-14(17)18)9-13-5-3-12(7-15)4-6-13/h3-6,11H,8-10H2,1-2H3,(H,17,18). The van der Waals surface area contributed by atoms with E-state index >= 15 is 0 Å². The third kappa shape index (κ3) is 4.98. The van der Waals surface area contributed by atoms with Crippen molar-refractivity contribution >= 4 is 5.97 Å². The van der Waals surface area contributed by atoms with Gasteiger partial charge in [0.25, 0.3) is 0 Å². The van der Waals surface area contributed by atoms with Crippen LogP contribution < -0.4 is 0 Å². The molecule has 0 atom stereocenters. The second kappa shape index (κ2) is 6.77. The van der Waals surface area contributed by atoms with E-state index in [-0.39, 0.29) is 6.54 Å². The van der Waals surface area contributed by atoms with Crippen molar-refractivity contribution in [3.63, 3.8) is 0 Å². The van der Waals surface area contributed by atoms with Crippen LogP contribution in [0.3, 0.4) is 0 Å². The summed E-state index contributed by atoms with van der Waals surface area (Å²) in [5, 5.41) is 17.6. The Morgan fingerprint density at radius 2 is 2.00 bits per heavy atom. The molecule has 0 saturated heterocycles. The monoisotopic (exact) mass is 246 g/mol. The van der Waals surface area contributed by atoms with Crippen LogP contribution in [0.25, 0.3) is 0 Å². The Morgan fingerprint density at radius 3 is 2.44 bits per heavy atom. The molecule has 0 unspecified atom stereocenters. The summed E-state index contributed by atoms with van der Waals surface area (Å²) in [7, 11) is 0. The molecule has 0 heterocycles. The molecule has 0 amide bonds. The molecule has 0 saturated carbocycles. The van der Waals surface area contributed by atoms with Crippen LogP contribution in [0.15, 0.2) is 24.3 Å². The predicted molar refractivity (Wildman–Crippen MR) is 68.9 cm³/mol. The molecule has 0 fully saturated rings. The van der Waals surface area contributed by atoms with Crippen molar-refractivity contribution in [2.24, 2.45) is 5.92 Å². The number of benzene rings is 1. The summed E-state index contributed by atoms with van der Waals surface area (Å²) in [5.74, 6) is -0.396. The summed E-state index contributed by atoms with van der Waals surface area (Å²) >= 11 is 0. The van der Waals surface area contributed by atoms with Gasteiger partial charge in [-0.1, -0.05) is 26.0 Å². The smallest absolute Gasteiger partial charge is 0.317 e. The molecule has 0 aliphatic heterocycles. The molecule has 0 aliphatic rings. The zero-order valence-corrected chi connectivity index (χ0v) is 10.8. The van der Waals surface area contributed by atoms with Crippen LogP contribution in [0.5, 0.6) is 0 Å². The van der Waals surface area contributed by atoms with E-state index in [1.807, 2.05) is 17.0 Å². The van der Waals surface area contributed by atoms with Gasteiger partial charge in [-0.15, -0.1) is 0 Å². The van der Waals surface area contributed by atoms with E-state index < -0.39 is 5.97 Å². The van der Waals surface area contributed by atoms with Crippen LogP contribution in [0.4, 0.5) is 0 Å². The number of carboxylic acid groups (broad SMARTS) is 1. The van der Waals surface area contributed by atoms with Gasteiger partial charge >= 0.3 is 5.97 Å². The van der Waals surface area contributed by atoms with E-state index in [4.69, 9.17) is 10.4 Å². The summed E-state index contributed by atoms with van der Waals surface area (Å²) in [6, 6.07) is 9.31. The highest BCUT2D eigenvalue weighted by molar-refractivity contribution is 5.69. The third-order valence-electron chi connectivity index (χ3n) is 2.47. The van der Waals surface area contributed by atoms with E-state index in [1.54, 1.807) is 12.1 Å². The molecular formula is C14H18N2O2. The molecule has 0 aliphatic carbocycles. The van der Waals surface area contributed by atoms with Crippen molar-refractivity contribution < 1.29 is 9.90 Å². The number of rotatable bonds is 6. The van der Waals surface area contributed by atoms with E-state index in [0.29, 0.717) is 18.0 Å². The van der Waals surface area contributed by atoms with Crippen LogP contribution in [0, 0.1) is 17.2 Å². The third-order valence-corrected chi connectivity index (χ3v) is 2.47. The highest BCUT2D eigenvalue weighted by atomic mass is 16.4. The van der Waals surface area contributed by atoms with Crippen LogP contribution >= 0.6 is 0 Å². The Balaban J connectivity index is 2.69. The van der Waals surface area contributed by atoms with Gasteiger partial charge in [0.1, 0.15) is 0 Å². The van der Waals surface area contributed by atoms with Crippen molar-refractivity contribution in [2.75, 3.05) is 13.1 Å². The zero-order chi connectivity index (χ0) is 13.5. The second-order valence-corrected chi connectivity index (χ2v) is 4.77. The molecule has 96 valence electrons. The van der Waals surface area contributed by atoms with E-state index in [0.717, 1.165) is 12.1 Å². The molecule has 0 aromatic heterocycles. The lowest BCUT2D eigenvalue weighted by Gasteiger charge is -2.22. The van der Waals surface area contributed by atoms with E-state index in [9.17, 15) is 4.79 Å². The Hall–Kier alpha value is -1.86. The molecule has 0 bridgehead atoms. The largest absolute Gasteiger partial charge is 0.480 e. The van der Waals surface area contributed by atoms with Crippen molar-refractivity contribution in [1.82, 2.24) is 4.90 Å². The first-order valence-corrected chi connectivity index (χ1v) is 5.94. The first-order valence-electron chi connectivity index (χ1n) is 5.94. The van der Waals surface area contributed by atoms with E-state index in [2.05, 4.69) is 19.9 Å². The summed E-state index contributed by atoms with van der Waals surface area (Å²) < 4.78 is 0. The number of hydrogen-bond acceptors (Lipinski definition) is 3. The van der Waals surface area contributed by atoms with Gasteiger partial charge in [0.2, 0.25) is 0 Å². The van der Waals surface area contributed by atoms with Gasteiger partial charge < -0.3 is 5.11 Å². The number of carbonyl (C=O) groups is 1. The number of carboxylic acids is 1. The first kappa shape index (κ1) is 14.2. The summed E-state index contributed by atoms with van der Waals surface area (Å²) in [5.41, 5.74) is 1.64. The van der Waals surface area contributed by atoms with Gasteiger partial charge in [-0.05, 0) is 23.6 Å². The van der Waals surface area contributed by atoms with Crippen molar-refractivity contribution in [2.45, 2.75) is 20.4 Å². The minimum atomic E-state index is -0.815. The summed E-state index contributed by atoms with van der Waals surface area (Å²) in [4.78, 5) is 12.7. The normalized spacial score (nSPS) is 10.6. The number of nitriles is 1.